The lowest BCUT2D eigenvalue weighted by atomic mass is 10.1. The van der Waals surface area contributed by atoms with Gasteiger partial charge in [0.05, 0.1) is 10.6 Å². The quantitative estimate of drug-likeness (QED) is 0.588. The lowest BCUT2D eigenvalue weighted by Crippen LogP contribution is -1.77. The number of hydrogen-bond donors (Lipinski definition) is 0. The van der Waals surface area contributed by atoms with Crippen LogP contribution in [0.5, 0.6) is 0 Å². The molecule has 0 aliphatic rings. The second kappa shape index (κ2) is 5.68. The standard InChI is InChI=1S/C16H12BrNS/c17-11-12-4-6-13(7-5-12)15-8-9-16(19-15)14-3-1-2-10-18-14/h1-10H,11H2. The molecule has 0 saturated heterocycles. The molecule has 0 N–H and O–H groups in total. The zero-order valence-electron chi connectivity index (χ0n) is 10.2. The van der Waals surface area contributed by atoms with Crippen LogP contribution >= 0.6 is 27.3 Å². The zero-order chi connectivity index (χ0) is 13.1. The Morgan fingerprint density at radius 3 is 2.37 bits per heavy atom. The molecule has 2 aromatic heterocycles. The Hall–Kier alpha value is -1.45. The molecule has 2 heterocycles. The summed E-state index contributed by atoms with van der Waals surface area (Å²) >= 11 is 5.25. The summed E-state index contributed by atoms with van der Waals surface area (Å²) in [5.74, 6) is 0. The highest BCUT2D eigenvalue weighted by Crippen LogP contribution is 2.33. The van der Waals surface area contributed by atoms with Crippen LogP contribution in [0.15, 0.2) is 60.8 Å². The Bertz CT molecular complexity index is 659. The van der Waals surface area contributed by atoms with Crippen molar-refractivity contribution in [3.8, 4) is 21.0 Å². The topological polar surface area (TPSA) is 12.9 Å². The first-order chi connectivity index (χ1) is 9.36. The van der Waals surface area contributed by atoms with Gasteiger partial charge < -0.3 is 0 Å². The smallest absolute Gasteiger partial charge is 0.0801 e. The largest absolute Gasteiger partial charge is 0.255 e. The van der Waals surface area contributed by atoms with Gasteiger partial charge in [0.15, 0.2) is 0 Å². The Kier molecular flexibility index (Phi) is 3.76. The Morgan fingerprint density at radius 1 is 0.895 bits per heavy atom. The van der Waals surface area contributed by atoms with Crippen molar-refractivity contribution in [1.29, 1.82) is 0 Å². The molecular weight excluding hydrogens is 318 g/mol. The maximum atomic E-state index is 4.39. The predicted octanol–water partition coefficient (Wildman–Crippen LogP) is 5.37. The highest BCUT2D eigenvalue weighted by molar-refractivity contribution is 9.08. The van der Waals surface area contributed by atoms with E-state index in [-0.39, 0.29) is 0 Å². The molecule has 0 amide bonds. The summed E-state index contributed by atoms with van der Waals surface area (Å²) in [4.78, 5) is 6.88. The average Bonchev–Trinajstić information content (AvgIpc) is 2.98. The number of rotatable bonds is 3. The van der Waals surface area contributed by atoms with Gasteiger partial charge >= 0.3 is 0 Å². The van der Waals surface area contributed by atoms with Crippen molar-refractivity contribution in [1.82, 2.24) is 4.98 Å². The number of pyridine rings is 1. The molecular formula is C16H12BrNS. The zero-order valence-corrected chi connectivity index (χ0v) is 12.6. The normalized spacial score (nSPS) is 10.6. The fraction of sp³-hybridized carbons (Fsp3) is 0.0625. The summed E-state index contributed by atoms with van der Waals surface area (Å²) in [5, 5.41) is 0.900. The first kappa shape index (κ1) is 12.6. The number of benzene rings is 1. The van der Waals surface area contributed by atoms with Gasteiger partial charge in [0.1, 0.15) is 0 Å². The van der Waals surface area contributed by atoms with E-state index in [1.165, 1.54) is 20.9 Å². The van der Waals surface area contributed by atoms with Crippen LogP contribution in [0.3, 0.4) is 0 Å². The second-order valence-electron chi connectivity index (χ2n) is 4.21. The molecule has 0 bridgehead atoms. The number of halogens is 1. The van der Waals surface area contributed by atoms with E-state index in [0.29, 0.717) is 0 Å². The van der Waals surface area contributed by atoms with E-state index >= 15 is 0 Å². The van der Waals surface area contributed by atoms with Gasteiger partial charge in [0.2, 0.25) is 0 Å². The van der Waals surface area contributed by atoms with Gasteiger partial charge in [0.25, 0.3) is 0 Å². The van der Waals surface area contributed by atoms with E-state index in [1.807, 2.05) is 24.4 Å². The van der Waals surface area contributed by atoms with Crippen LogP contribution in [-0.2, 0) is 5.33 Å². The molecule has 0 aliphatic heterocycles. The van der Waals surface area contributed by atoms with Crippen LogP contribution in [0.1, 0.15) is 5.56 Å². The summed E-state index contributed by atoms with van der Waals surface area (Å²) in [6.45, 7) is 0. The molecule has 0 spiro atoms. The van der Waals surface area contributed by atoms with Crippen molar-refractivity contribution in [2.45, 2.75) is 5.33 Å². The maximum absolute atomic E-state index is 4.39. The van der Waals surface area contributed by atoms with E-state index in [2.05, 4.69) is 57.3 Å². The molecule has 1 aromatic carbocycles. The average molecular weight is 330 g/mol. The highest BCUT2D eigenvalue weighted by Gasteiger charge is 2.05. The number of aromatic nitrogens is 1. The van der Waals surface area contributed by atoms with Gasteiger partial charge in [-0.25, -0.2) is 0 Å². The molecule has 0 aliphatic carbocycles. The number of nitrogens with zero attached hydrogens (tertiary/aromatic N) is 1. The number of alkyl halides is 1. The Labute approximate surface area is 125 Å². The summed E-state index contributed by atoms with van der Waals surface area (Å²) in [5.41, 5.74) is 3.60. The third-order valence-electron chi connectivity index (χ3n) is 2.92. The van der Waals surface area contributed by atoms with Crippen molar-refractivity contribution >= 4 is 27.3 Å². The van der Waals surface area contributed by atoms with E-state index in [0.717, 1.165) is 11.0 Å². The van der Waals surface area contributed by atoms with Gasteiger partial charge in [-0.05, 0) is 35.4 Å². The van der Waals surface area contributed by atoms with Gasteiger partial charge in [0, 0.05) is 16.4 Å². The van der Waals surface area contributed by atoms with Gasteiger partial charge in [-0.3, -0.25) is 4.98 Å². The van der Waals surface area contributed by atoms with E-state index < -0.39 is 0 Å². The molecule has 0 atom stereocenters. The minimum Gasteiger partial charge on any atom is -0.255 e. The molecule has 3 rings (SSSR count). The van der Waals surface area contributed by atoms with Crippen LogP contribution in [-0.4, -0.2) is 4.98 Å². The molecule has 94 valence electrons. The van der Waals surface area contributed by atoms with Crippen molar-refractivity contribution < 1.29 is 0 Å². The highest BCUT2D eigenvalue weighted by atomic mass is 79.9. The SMILES string of the molecule is BrCc1ccc(-c2ccc(-c3ccccn3)s2)cc1. The minimum absolute atomic E-state index is 0.900. The van der Waals surface area contributed by atoms with Crippen LogP contribution in [0.25, 0.3) is 21.0 Å². The molecule has 0 fully saturated rings. The summed E-state index contributed by atoms with van der Waals surface area (Å²) in [6.07, 6.45) is 1.83. The molecule has 1 nitrogen and oxygen atoms in total. The van der Waals surface area contributed by atoms with Gasteiger partial charge in [-0.2, -0.15) is 0 Å². The number of hydrogen-bond acceptors (Lipinski definition) is 2. The monoisotopic (exact) mass is 329 g/mol. The fourth-order valence-corrected chi connectivity index (χ4v) is 3.26. The van der Waals surface area contributed by atoms with Crippen LogP contribution in [0.2, 0.25) is 0 Å². The second-order valence-corrected chi connectivity index (χ2v) is 5.85. The van der Waals surface area contributed by atoms with Crippen molar-refractivity contribution in [3.05, 3.63) is 66.4 Å². The van der Waals surface area contributed by atoms with Crippen molar-refractivity contribution in [3.63, 3.8) is 0 Å². The minimum atomic E-state index is 0.900. The maximum Gasteiger partial charge on any atom is 0.0801 e. The van der Waals surface area contributed by atoms with Gasteiger partial charge in [-0.1, -0.05) is 46.3 Å². The Morgan fingerprint density at radius 2 is 1.68 bits per heavy atom. The van der Waals surface area contributed by atoms with E-state index in [4.69, 9.17) is 0 Å². The van der Waals surface area contributed by atoms with Crippen LogP contribution in [0.4, 0.5) is 0 Å². The van der Waals surface area contributed by atoms with E-state index in [9.17, 15) is 0 Å². The third-order valence-corrected chi connectivity index (χ3v) is 4.72. The van der Waals surface area contributed by atoms with Crippen molar-refractivity contribution in [2.24, 2.45) is 0 Å². The molecule has 0 unspecified atom stereocenters. The third kappa shape index (κ3) is 2.77. The van der Waals surface area contributed by atoms with Crippen LogP contribution < -0.4 is 0 Å². The molecule has 19 heavy (non-hydrogen) atoms. The van der Waals surface area contributed by atoms with Gasteiger partial charge in [-0.15, -0.1) is 11.3 Å². The Balaban J connectivity index is 1.92. The lowest BCUT2D eigenvalue weighted by molar-refractivity contribution is 1.34. The van der Waals surface area contributed by atoms with Crippen LogP contribution in [0, 0.1) is 0 Å². The first-order valence-electron chi connectivity index (χ1n) is 6.03. The first-order valence-corrected chi connectivity index (χ1v) is 7.97. The molecule has 3 aromatic rings. The summed E-state index contributed by atoms with van der Waals surface area (Å²) < 4.78 is 0. The molecule has 0 radical (unpaired) electrons. The van der Waals surface area contributed by atoms with Crippen molar-refractivity contribution in [2.75, 3.05) is 0 Å². The fourth-order valence-electron chi connectivity index (χ4n) is 1.90. The predicted molar refractivity (Wildman–Crippen MR) is 85.6 cm³/mol. The number of thiophene rings is 1. The summed E-state index contributed by atoms with van der Waals surface area (Å²) in [7, 11) is 0. The molecule has 3 heteroatoms. The lowest BCUT2D eigenvalue weighted by Gasteiger charge is -1.99. The summed E-state index contributed by atoms with van der Waals surface area (Å²) in [6, 6.07) is 19.0. The van der Waals surface area contributed by atoms with E-state index in [1.54, 1.807) is 11.3 Å². The molecule has 0 saturated carbocycles.